The molecule has 1 aliphatic heterocycles. The molecule has 0 aliphatic carbocycles. The molecule has 1 rings (SSSR count). The van der Waals surface area contributed by atoms with Gasteiger partial charge in [-0.25, -0.2) is 0 Å². The average molecular weight is 176 g/mol. The number of thioether (sulfide) groups is 1. The normalized spacial score (nSPS) is 24.0. The standard InChI is InChI=1S/C8H16O2S/c1-7(2)8(11-3)9-5-4-6-10-8/h7H,4-6H2,1-3H3. The van der Waals surface area contributed by atoms with Crippen LogP contribution in [0.2, 0.25) is 0 Å². The van der Waals surface area contributed by atoms with Gasteiger partial charge in [0.05, 0.1) is 13.2 Å². The molecule has 11 heavy (non-hydrogen) atoms. The smallest absolute Gasteiger partial charge is 0.220 e. The molecule has 0 bridgehead atoms. The predicted molar refractivity (Wildman–Crippen MR) is 47.6 cm³/mol. The summed E-state index contributed by atoms with van der Waals surface area (Å²) < 4.78 is 11.2. The van der Waals surface area contributed by atoms with Crippen LogP contribution in [0.25, 0.3) is 0 Å². The van der Waals surface area contributed by atoms with Crippen LogP contribution in [0.15, 0.2) is 0 Å². The van der Waals surface area contributed by atoms with Gasteiger partial charge in [0.15, 0.2) is 0 Å². The largest absolute Gasteiger partial charge is 0.341 e. The maximum atomic E-state index is 5.62. The van der Waals surface area contributed by atoms with Crippen LogP contribution in [0.5, 0.6) is 0 Å². The quantitative estimate of drug-likeness (QED) is 0.642. The lowest BCUT2D eigenvalue weighted by atomic mass is 10.2. The molecule has 1 saturated heterocycles. The highest BCUT2D eigenvalue weighted by Gasteiger charge is 2.37. The van der Waals surface area contributed by atoms with Crippen LogP contribution in [0.4, 0.5) is 0 Å². The Morgan fingerprint density at radius 1 is 1.27 bits per heavy atom. The number of hydrogen-bond donors (Lipinski definition) is 0. The Morgan fingerprint density at radius 2 is 1.82 bits per heavy atom. The summed E-state index contributed by atoms with van der Waals surface area (Å²) in [5.74, 6) is 0.415. The zero-order valence-corrected chi connectivity index (χ0v) is 8.24. The number of hydrogen-bond acceptors (Lipinski definition) is 3. The van der Waals surface area contributed by atoms with E-state index in [1.165, 1.54) is 0 Å². The minimum atomic E-state index is -0.363. The van der Waals surface area contributed by atoms with Crippen molar-refractivity contribution in [3.05, 3.63) is 0 Å². The van der Waals surface area contributed by atoms with Crippen molar-refractivity contribution in [1.29, 1.82) is 0 Å². The van der Waals surface area contributed by atoms with Crippen molar-refractivity contribution in [3.8, 4) is 0 Å². The molecule has 0 unspecified atom stereocenters. The Balaban J connectivity index is 2.57. The lowest BCUT2D eigenvalue weighted by Crippen LogP contribution is -2.41. The van der Waals surface area contributed by atoms with Gasteiger partial charge in [-0.2, -0.15) is 0 Å². The first kappa shape index (κ1) is 9.36. The summed E-state index contributed by atoms with van der Waals surface area (Å²) >= 11 is 1.66. The summed E-state index contributed by atoms with van der Waals surface area (Å²) in [7, 11) is 0. The molecule has 2 nitrogen and oxygen atoms in total. The van der Waals surface area contributed by atoms with Crippen molar-refractivity contribution in [3.63, 3.8) is 0 Å². The summed E-state index contributed by atoms with van der Waals surface area (Å²) in [5.41, 5.74) is 0. The Morgan fingerprint density at radius 3 is 2.09 bits per heavy atom. The molecular formula is C8H16O2S. The molecule has 1 aliphatic rings. The fraction of sp³-hybridized carbons (Fsp3) is 1.00. The maximum absolute atomic E-state index is 5.62. The third-order valence-electron chi connectivity index (χ3n) is 1.89. The van der Waals surface area contributed by atoms with Gasteiger partial charge in [-0.15, -0.1) is 11.8 Å². The van der Waals surface area contributed by atoms with Crippen LogP contribution >= 0.6 is 11.8 Å². The summed E-state index contributed by atoms with van der Waals surface area (Å²) in [6.45, 7) is 5.92. The van der Waals surface area contributed by atoms with E-state index in [9.17, 15) is 0 Å². The summed E-state index contributed by atoms with van der Waals surface area (Å²) in [5, 5.41) is -0.363. The first-order valence-electron chi connectivity index (χ1n) is 4.04. The van der Waals surface area contributed by atoms with Crippen LogP contribution in [0, 0.1) is 5.92 Å². The molecule has 0 aromatic carbocycles. The molecular weight excluding hydrogens is 160 g/mol. The molecule has 0 aromatic heterocycles. The molecule has 66 valence electrons. The van der Waals surface area contributed by atoms with Crippen molar-refractivity contribution in [2.75, 3.05) is 19.5 Å². The van der Waals surface area contributed by atoms with E-state index in [2.05, 4.69) is 13.8 Å². The SMILES string of the molecule is CSC1(C(C)C)OCCCO1. The van der Waals surface area contributed by atoms with E-state index in [1.807, 2.05) is 6.26 Å². The van der Waals surface area contributed by atoms with E-state index < -0.39 is 0 Å². The fourth-order valence-electron chi connectivity index (χ4n) is 1.22. The first-order chi connectivity index (χ1) is 5.21. The molecule has 1 heterocycles. The molecule has 0 amide bonds. The van der Waals surface area contributed by atoms with Crippen molar-refractivity contribution in [2.45, 2.75) is 25.4 Å². The first-order valence-corrected chi connectivity index (χ1v) is 5.27. The Hall–Kier alpha value is 0.270. The van der Waals surface area contributed by atoms with Gasteiger partial charge in [0, 0.05) is 5.92 Å². The minimum Gasteiger partial charge on any atom is -0.341 e. The Kier molecular flexibility index (Phi) is 3.22. The van der Waals surface area contributed by atoms with Crippen molar-refractivity contribution in [1.82, 2.24) is 0 Å². The second kappa shape index (κ2) is 3.78. The molecule has 0 aromatic rings. The molecule has 0 atom stereocenters. The molecule has 0 saturated carbocycles. The van der Waals surface area contributed by atoms with Crippen LogP contribution < -0.4 is 0 Å². The van der Waals surface area contributed by atoms with Crippen molar-refractivity contribution >= 4 is 11.8 Å². The zero-order valence-electron chi connectivity index (χ0n) is 7.42. The van der Waals surface area contributed by atoms with Gasteiger partial charge < -0.3 is 9.47 Å². The van der Waals surface area contributed by atoms with Gasteiger partial charge in [0.25, 0.3) is 0 Å². The molecule has 1 fully saturated rings. The third-order valence-corrected chi connectivity index (χ3v) is 3.16. The monoisotopic (exact) mass is 176 g/mol. The minimum absolute atomic E-state index is 0.363. The van der Waals surface area contributed by atoms with Crippen LogP contribution in [0.3, 0.4) is 0 Å². The van der Waals surface area contributed by atoms with Gasteiger partial charge in [0.2, 0.25) is 5.12 Å². The third kappa shape index (κ3) is 1.89. The molecule has 0 spiro atoms. The molecule has 0 radical (unpaired) electrons. The van der Waals surface area contributed by atoms with Crippen LogP contribution in [0.1, 0.15) is 20.3 Å². The van der Waals surface area contributed by atoms with Crippen molar-refractivity contribution < 1.29 is 9.47 Å². The Labute approximate surface area is 72.6 Å². The highest BCUT2D eigenvalue weighted by Crippen LogP contribution is 2.36. The van der Waals surface area contributed by atoms with Gasteiger partial charge in [-0.3, -0.25) is 0 Å². The lowest BCUT2D eigenvalue weighted by molar-refractivity contribution is -0.226. The van der Waals surface area contributed by atoms with E-state index in [0.29, 0.717) is 5.92 Å². The zero-order chi connectivity index (χ0) is 8.32. The topological polar surface area (TPSA) is 18.5 Å². The Bertz CT molecular complexity index is 119. The number of ether oxygens (including phenoxy) is 2. The molecule has 3 heteroatoms. The van der Waals surface area contributed by atoms with E-state index in [0.717, 1.165) is 19.6 Å². The van der Waals surface area contributed by atoms with Gasteiger partial charge in [-0.05, 0) is 12.7 Å². The second-order valence-electron chi connectivity index (χ2n) is 3.01. The van der Waals surface area contributed by atoms with Gasteiger partial charge in [0.1, 0.15) is 0 Å². The van der Waals surface area contributed by atoms with Gasteiger partial charge in [-0.1, -0.05) is 13.8 Å². The van der Waals surface area contributed by atoms with Crippen LogP contribution in [-0.4, -0.2) is 24.6 Å². The second-order valence-corrected chi connectivity index (χ2v) is 3.99. The average Bonchev–Trinajstić information content (AvgIpc) is 2.05. The summed E-state index contributed by atoms with van der Waals surface area (Å²) in [4.78, 5) is 0. The van der Waals surface area contributed by atoms with Crippen LogP contribution in [-0.2, 0) is 9.47 Å². The lowest BCUT2D eigenvalue weighted by Gasteiger charge is -2.38. The highest BCUT2D eigenvalue weighted by atomic mass is 32.2. The van der Waals surface area contributed by atoms with Gasteiger partial charge >= 0.3 is 0 Å². The van der Waals surface area contributed by atoms with E-state index in [1.54, 1.807) is 11.8 Å². The summed E-state index contributed by atoms with van der Waals surface area (Å²) in [6, 6.07) is 0. The highest BCUT2D eigenvalue weighted by molar-refractivity contribution is 7.99. The molecule has 0 N–H and O–H groups in total. The summed E-state index contributed by atoms with van der Waals surface area (Å²) in [6.07, 6.45) is 3.06. The van der Waals surface area contributed by atoms with E-state index >= 15 is 0 Å². The maximum Gasteiger partial charge on any atom is 0.220 e. The van der Waals surface area contributed by atoms with Crippen molar-refractivity contribution in [2.24, 2.45) is 5.92 Å². The number of rotatable bonds is 2. The van der Waals surface area contributed by atoms with E-state index in [4.69, 9.17) is 9.47 Å². The predicted octanol–water partition coefficient (Wildman–Crippen LogP) is 2.10. The fourth-order valence-corrected chi connectivity index (χ4v) is 2.09. The van der Waals surface area contributed by atoms with E-state index in [-0.39, 0.29) is 5.12 Å².